The minimum absolute atomic E-state index is 0.312. The highest BCUT2D eigenvalue weighted by molar-refractivity contribution is 6.17. The van der Waals surface area contributed by atoms with Crippen molar-refractivity contribution in [3.63, 3.8) is 0 Å². The molecule has 5 nitrogen and oxygen atoms in total. The van der Waals surface area contributed by atoms with E-state index in [9.17, 15) is 4.79 Å². The first-order valence-corrected chi connectivity index (χ1v) is 9.11. The van der Waals surface area contributed by atoms with Crippen LogP contribution in [0.3, 0.4) is 0 Å². The second kappa shape index (κ2) is 7.19. The quantitative estimate of drug-likeness (QED) is 0.691. The number of aromatic amines is 1. The topological polar surface area (TPSA) is 63.3 Å². The zero-order chi connectivity index (χ0) is 18.8. The van der Waals surface area contributed by atoms with E-state index in [1.807, 2.05) is 25.1 Å². The summed E-state index contributed by atoms with van der Waals surface area (Å²) in [5.74, 6) is 0.515. The van der Waals surface area contributed by atoms with Gasteiger partial charge in [0.15, 0.2) is 0 Å². The monoisotopic (exact) mass is 362 g/mol. The first-order chi connectivity index (χ1) is 13.2. The van der Waals surface area contributed by atoms with Crippen molar-refractivity contribution in [1.29, 1.82) is 0 Å². The molecule has 4 rings (SSSR count). The van der Waals surface area contributed by atoms with Crippen molar-refractivity contribution in [1.82, 2.24) is 10.3 Å². The summed E-state index contributed by atoms with van der Waals surface area (Å²) in [7, 11) is 1.67. The highest BCUT2D eigenvalue weighted by atomic mass is 16.5. The smallest absolute Gasteiger partial charge is 0.341 e. The fourth-order valence-corrected chi connectivity index (χ4v) is 3.54. The Labute approximate surface area is 158 Å². The van der Waals surface area contributed by atoms with Gasteiger partial charge in [0.1, 0.15) is 5.75 Å². The molecule has 27 heavy (non-hydrogen) atoms. The van der Waals surface area contributed by atoms with Gasteiger partial charge in [0.2, 0.25) is 0 Å². The second-order valence-electron chi connectivity index (χ2n) is 6.45. The van der Waals surface area contributed by atoms with E-state index < -0.39 is 0 Å². The molecule has 0 spiro atoms. The van der Waals surface area contributed by atoms with Gasteiger partial charge >= 0.3 is 5.97 Å². The number of esters is 1. The molecule has 1 aliphatic heterocycles. The van der Waals surface area contributed by atoms with Gasteiger partial charge < -0.3 is 19.8 Å². The van der Waals surface area contributed by atoms with E-state index in [0.29, 0.717) is 12.2 Å². The van der Waals surface area contributed by atoms with E-state index in [0.717, 1.165) is 52.0 Å². The van der Waals surface area contributed by atoms with Crippen LogP contribution in [-0.4, -0.2) is 31.2 Å². The lowest BCUT2D eigenvalue weighted by atomic mass is 10.0. The van der Waals surface area contributed by atoms with Gasteiger partial charge in [-0.05, 0) is 48.2 Å². The van der Waals surface area contributed by atoms with Crippen molar-refractivity contribution < 1.29 is 14.3 Å². The van der Waals surface area contributed by atoms with Crippen LogP contribution in [0.5, 0.6) is 5.75 Å². The van der Waals surface area contributed by atoms with Crippen molar-refractivity contribution >= 4 is 22.4 Å². The molecule has 0 radical (unpaired) electrons. The number of ether oxygens (including phenoxy) is 2. The summed E-state index contributed by atoms with van der Waals surface area (Å²) in [5, 5.41) is 4.32. The van der Waals surface area contributed by atoms with Gasteiger partial charge in [-0.25, -0.2) is 4.79 Å². The van der Waals surface area contributed by atoms with Crippen molar-refractivity contribution in [2.45, 2.75) is 13.3 Å². The summed E-state index contributed by atoms with van der Waals surface area (Å²) < 4.78 is 10.6. The first kappa shape index (κ1) is 17.2. The molecule has 0 aliphatic carbocycles. The summed E-state index contributed by atoms with van der Waals surface area (Å²) in [6.45, 7) is 2.95. The Balaban J connectivity index is 1.81. The molecule has 1 aromatic heterocycles. The highest BCUT2D eigenvalue weighted by Gasteiger charge is 2.23. The van der Waals surface area contributed by atoms with Crippen molar-refractivity contribution in [3.8, 4) is 16.9 Å². The lowest BCUT2D eigenvalue weighted by Crippen LogP contribution is -2.11. The van der Waals surface area contributed by atoms with E-state index >= 15 is 0 Å². The molecule has 0 saturated carbocycles. The molecule has 0 bridgehead atoms. The highest BCUT2D eigenvalue weighted by Crippen LogP contribution is 2.33. The van der Waals surface area contributed by atoms with E-state index in [2.05, 4.69) is 34.6 Å². The van der Waals surface area contributed by atoms with Crippen molar-refractivity contribution in [2.75, 3.05) is 20.3 Å². The maximum Gasteiger partial charge on any atom is 0.341 e. The summed E-state index contributed by atoms with van der Waals surface area (Å²) in [6.07, 6.45) is 2.59. The van der Waals surface area contributed by atoms with Gasteiger partial charge in [-0.3, -0.25) is 0 Å². The zero-order valence-electron chi connectivity index (χ0n) is 15.5. The average Bonchev–Trinajstić information content (AvgIpc) is 2.92. The van der Waals surface area contributed by atoms with Crippen LogP contribution in [-0.2, 0) is 16.0 Å². The summed E-state index contributed by atoms with van der Waals surface area (Å²) in [5.41, 5.74) is 5.73. The van der Waals surface area contributed by atoms with Crippen LogP contribution in [0.1, 0.15) is 18.2 Å². The van der Waals surface area contributed by atoms with Crippen molar-refractivity contribution in [2.24, 2.45) is 0 Å². The van der Waals surface area contributed by atoms with Gasteiger partial charge in [-0.2, -0.15) is 0 Å². The lowest BCUT2D eigenvalue weighted by Gasteiger charge is -2.05. The molecule has 2 aromatic carbocycles. The normalized spacial score (nSPS) is 13.3. The molecule has 1 aliphatic rings. The molecule has 0 amide bonds. The first-order valence-electron chi connectivity index (χ1n) is 9.11. The fraction of sp³-hybridized carbons (Fsp3) is 0.227. The minimum Gasteiger partial charge on any atom is -0.497 e. The summed E-state index contributed by atoms with van der Waals surface area (Å²) >= 11 is 0. The van der Waals surface area contributed by atoms with Gasteiger partial charge in [0.25, 0.3) is 0 Å². The van der Waals surface area contributed by atoms with E-state index in [4.69, 9.17) is 9.47 Å². The largest absolute Gasteiger partial charge is 0.497 e. The molecule has 138 valence electrons. The molecular weight excluding hydrogens is 340 g/mol. The second-order valence-corrected chi connectivity index (χ2v) is 6.45. The van der Waals surface area contributed by atoms with E-state index in [1.54, 1.807) is 13.3 Å². The Bertz CT molecular complexity index is 1030. The predicted octanol–water partition coefficient (Wildman–Crippen LogP) is 3.89. The van der Waals surface area contributed by atoms with Gasteiger partial charge in [0.05, 0.1) is 25.0 Å². The zero-order valence-corrected chi connectivity index (χ0v) is 15.5. The predicted molar refractivity (Wildman–Crippen MR) is 107 cm³/mol. The minimum atomic E-state index is -0.312. The molecular formula is C22H22N2O3. The molecule has 0 atom stereocenters. The number of fused-ring (bicyclic) bond motifs is 3. The Morgan fingerprint density at radius 2 is 2.00 bits per heavy atom. The Morgan fingerprint density at radius 1 is 1.15 bits per heavy atom. The number of hydrogen-bond acceptors (Lipinski definition) is 4. The Morgan fingerprint density at radius 3 is 2.81 bits per heavy atom. The third-order valence-corrected chi connectivity index (χ3v) is 4.84. The molecule has 2 heterocycles. The third-order valence-electron chi connectivity index (χ3n) is 4.84. The number of nitrogens with one attached hydrogen (secondary N) is 2. The van der Waals surface area contributed by atoms with Crippen LogP contribution in [0.15, 0.2) is 48.7 Å². The van der Waals surface area contributed by atoms with Crippen LogP contribution >= 0.6 is 0 Å². The average molecular weight is 362 g/mol. The van der Waals surface area contributed by atoms with Crippen LogP contribution in [0.25, 0.3) is 27.6 Å². The molecule has 2 N–H and O–H groups in total. The van der Waals surface area contributed by atoms with Gasteiger partial charge in [0, 0.05) is 23.6 Å². The molecule has 0 saturated heterocycles. The SMILES string of the molecule is CCOC(=O)C1=CNCCc2c1[nH]c1cc(-c3cccc(OC)c3)ccc21. The van der Waals surface area contributed by atoms with E-state index in [1.165, 1.54) is 0 Å². The number of H-pyrrole nitrogens is 1. The molecule has 0 unspecified atom stereocenters. The number of carbonyl (C=O) groups is 1. The Hall–Kier alpha value is -3.21. The summed E-state index contributed by atoms with van der Waals surface area (Å²) in [4.78, 5) is 15.8. The molecule has 0 fully saturated rings. The summed E-state index contributed by atoms with van der Waals surface area (Å²) in [6, 6.07) is 14.3. The van der Waals surface area contributed by atoms with Gasteiger partial charge in [-0.1, -0.05) is 24.3 Å². The number of rotatable bonds is 4. The van der Waals surface area contributed by atoms with Gasteiger partial charge in [-0.15, -0.1) is 0 Å². The fourth-order valence-electron chi connectivity index (χ4n) is 3.54. The van der Waals surface area contributed by atoms with Crippen LogP contribution < -0.4 is 10.1 Å². The van der Waals surface area contributed by atoms with E-state index in [-0.39, 0.29) is 5.97 Å². The standard InChI is InChI=1S/C22H22N2O3/c1-3-27-22(25)19-13-23-10-9-18-17-8-7-15(12-20(17)24-21(18)19)14-5-4-6-16(11-14)26-2/h4-8,11-13,23-24H,3,9-10H2,1-2H3. The number of aromatic nitrogens is 1. The number of hydrogen-bond donors (Lipinski definition) is 2. The maximum atomic E-state index is 12.4. The van der Waals surface area contributed by atoms with Crippen LogP contribution in [0.4, 0.5) is 0 Å². The Kier molecular flexibility index (Phi) is 4.59. The van der Waals surface area contributed by atoms with Crippen LogP contribution in [0.2, 0.25) is 0 Å². The lowest BCUT2D eigenvalue weighted by molar-refractivity contribution is -0.136. The van der Waals surface area contributed by atoms with Crippen LogP contribution in [0, 0.1) is 0 Å². The number of methoxy groups -OCH3 is 1. The molecule has 3 aromatic rings. The molecule has 5 heteroatoms. The third kappa shape index (κ3) is 3.16. The van der Waals surface area contributed by atoms with Crippen molar-refractivity contribution in [3.05, 3.63) is 59.9 Å². The number of benzene rings is 2. The maximum absolute atomic E-state index is 12.4. The number of carbonyl (C=O) groups excluding carboxylic acids is 1.